The molecule has 6 heteroatoms. The second kappa shape index (κ2) is 4.75. The molecular weight excluding hydrogens is 220 g/mol. The summed E-state index contributed by atoms with van der Waals surface area (Å²) in [7, 11) is 3.50. The maximum atomic E-state index is 9.24. The van der Waals surface area contributed by atoms with Crippen LogP contribution in [0, 0.1) is 5.92 Å². The third-order valence-corrected chi connectivity index (χ3v) is 3.05. The van der Waals surface area contributed by atoms with Gasteiger partial charge < -0.3 is 20.5 Å². The van der Waals surface area contributed by atoms with E-state index >= 15 is 0 Å². The fourth-order valence-corrected chi connectivity index (χ4v) is 2.06. The molecule has 0 aliphatic heterocycles. The maximum absolute atomic E-state index is 9.24. The molecule has 1 heterocycles. The summed E-state index contributed by atoms with van der Waals surface area (Å²) in [6.45, 7) is 0.858. The number of ether oxygens (including phenoxy) is 1. The molecule has 0 atom stereocenters. The zero-order valence-corrected chi connectivity index (χ0v) is 10.1. The highest BCUT2D eigenvalue weighted by Crippen LogP contribution is 2.29. The summed E-state index contributed by atoms with van der Waals surface area (Å²) in [6.07, 6.45) is 1.60. The molecule has 1 aromatic heterocycles. The lowest BCUT2D eigenvalue weighted by Gasteiger charge is -2.34. The van der Waals surface area contributed by atoms with Gasteiger partial charge in [0, 0.05) is 19.7 Å². The van der Waals surface area contributed by atoms with Crippen molar-refractivity contribution < 1.29 is 9.84 Å². The van der Waals surface area contributed by atoms with E-state index < -0.39 is 0 Å². The Morgan fingerprint density at radius 2 is 2.24 bits per heavy atom. The lowest BCUT2D eigenvalue weighted by atomic mass is 9.82. The van der Waals surface area contributed by atoms with Crippen LogP contribution in [0.3, 0.4) is 0 Å². The lowest BCUT2D eigenvalue weighted by Crippen LogP contribution is -2.37. The number of aliphatic hydroxyl groups is 1. The molecule has 1 aliphatic rings. The number of hydrogen-bond acceptors (Lipinski definition) is 6. The van der Waals surface area contributed by atoms with E-state index in [1.165, 1.54) is 0 Å². The standard InChI is InChI=1S/C11H18N4O2/c1-15(6-7-3-8(16)4-7)9-5-10(17-2)14-11(12)13-9/h5,7-8,16H,3-4,6H2,1-2H3,(H2,12,13,14). The Bertz CT molecular complexity index is 393. The van der Waals surface area contributed by atoms with Crippen LogP contribution in [0.4, 0.5) is 11.8 Å². The fraction of sp³-hybridized carbons (Fsp3) is 0.636. The molecule has 0 bridgehead atoms. The molecule has 0 unspecified atom stereocenters. The molecule has 0 saturated heterocycles. The number of aromatic nitrogens is 2. The van der Waals surface area contributed by atoms with Crippen molar-refractivity contribution in [3.8, 4) is 5.88 Å². The quantitative estimate of drug-likeness (QED) is 0.783. The second-order valence-electron chi connectivity index (χ2n) is 4.50. The van der Waals surface area contributed by atoms with E-state index in [-0.39, 0.29) is 12.1 Å². The Morgan fingerprint density at radius 1 is 1.53 bits per heavy atom. The average Bonchev–Trinajstić information content (AvgIpc) is 2.26. The zero-order valence-electron chi connectivity index (χ0n) is 10.1. The highest BCUT2D eigenvalue weighted by Gasteiger charge is 2.28. The van der Waals surface area contributed by atoms with Gasteiger partial charge in [-0.25, -0.2) is 0 Å². The van der Waals surface area contributed by atoms with Gasteiger partial charge in [-0.15, -0.1) is 0 Å². The Labute approximate surface area is 100 Å². The number of rotatable bonds is 4. The van der Waals surface area contributed by atoms with E-state index in [9.17, 15) is 5.11 Å². The fourth-order valence-electron chi connectivity index (χ4n) is 2.06. The minimum Gasteiger partial charge on any atom is -0.481 e. The van der Waals surface area contributed by atoms with Crippen LogP contribution in [-0.4, -0.2) is 41.9 Å². The van der Waals surface area contributed by atoms with E-state index in [1.54, 1.807) is 13.2 Å². The Hall–Kier alpha value is -1.56. The summed E-state index contributed by atoms with van der Waals surface area (Å²) in [5, 5.41) is 9.24. The number of nitrogens with two attached hydrogens (primary N) is 1. The lowest BCUT2D eigenvalue weighted by molar-refractivity contribution is 0.0464. The van der Waals surface area contributed by atoms with Gasteiger partial charge in [0.25, 0.3) is 0 Å². The Balaban J connectivity index is 2.02. The van der Waals surface area contributed by atoms with Crippen LogP contribution in [0.25, 0.3) is 0 Å². The topological polar surface area (TPSA) is 84.5 Å². The first-order valence-corrected chi connectivity index (χ1v) is 5.66. The van der Waals surface area contributed by atoms with Crippen molar-refractivity contribution in [3.05, 3.63) is 6.07 Å². The molecule has 0 spiro atoms. The molecule has 1 fully saturated rings. The van der Waals surface area contributed by atoms with Gasteiger partial charge >= 0.3 is 0 Å². The molecule has 17 heavy (non-hydrogen) atoms. The van der Waals surface area contributed by atoms with Crippen LogP contribution in [0.15, 0.2) is 6.07 Å². The Kier molecular flexibility index (Phi) is 3.33. The molecule has 94 valence electrons. The maximum Gasteiger partial charge on any atom is 0.225 e. The summed E-state index contributed by atoms with van der Waals surface area (Å²) in [6, 6.07) is 1.76. The normalized spacial score (nSPS) is 23.0. The smallest absolute Gasteiger partial charge is 0.225 e. The van der Waals surface area contributed by atoms with Gasteiger partial charge in [0.1, 0.15) is 5.82 Å². The first-order chi connectivity index (χ1) is 8.08. The number of aliphatic hydroxyl groups excluding tert-OH is 1. The second-order valence-corrected chi connectivity index (χ2v) is 4.50. The molecular formula is C11H18N4O2. The molecule has 6 nitrogen and oxygen atoms in total. The van der Waals surface area contributed by atoms with Crippen LogP contribution in [0.5, 0.6) is 5.88 Å². The van der Waals surface area contributed by atoms with E-state index in [0.29, 0.717) is 11.8 Å². The van der Waals surface area contributed by atoms with Crippen molar-refractivity contribution in [2.24, 2.45) is 5.92 Å². The van der Waals surface area contributed by atoms with E-state index in [1.807, 2.05) is 11.9 Å². The van der Waals surface area contributed by atoms with E-state index in [4.69, 9.17) is 10.5 Å². The van der Waals surface area contributed by atoms with Gasteiger partial charge in [-0.1, -0.05) is 0 Å². The third kappa shape index (κ3) is 2.76. The van der Waals surface area contributed by atoms with E-state index in [2.05, 4.69) is 9.97 Å². The summed E-state index contributed by atoms with van der Waals surface area (Å²) in [5.74, 6) is 1.95. The van der Waals surface area contributed by atoms with Gasteiger partial charge in [-0.2, -0.15) is 9.97 Å². The van der Waals surface area contributed by atoms with Crippen molar-refractivity contribution in [1.29, 1.82) is 0 Å². The van der Waals surface area contributed by atoms with Crippen molar-refractivity contribution in [2.75, 3.05) is 31.3 Å². The predicted octanol–water partition coefficient (Wildman–Crippen LogP) is 0.274. The first-order valence-electron chi connectivity index (χ1n) is 5.66. The summed E-state index contributed by atoms with van der Waals surface area (Å²) >= 11 is 0. The van der Waals surface area contributed by atoms with Crippen molar-refractivity contribution in [2.45, 2.75) is 18.9 Å². The van der Waals surface area contributed by atoms with Gasteiger partial charge in [0.2, 0.25) is 11.8 Å². The van der Waals surface area contributed by atoms with Gasteiger partial charge in [-0.05, 0) is 18.8 Å². The van der Waals surface area contributed by atoms with E-state index in [0.717, 1.165) is 25.2 Å². The number of nitrogen functional groups attached to an aromatic ring is 1. The van der Waals surface area contributed by atoms with Crippen LogP contribution in [0.1, 0.15) is 12.8 Å². The highest BCUT2D eigenvalue weighted by atomic mass is 16.5. The van der Waals surface area contributed by atoms with Gasteiger partial charge in [0.05, 0.1) is 13.2 Å². The minimum atomic E-state index is -0.126. The third-order valence-electron chi connectivity index (χ3n) is 3.05. The molecule has 0 aromatic carbocycles. The SMILES string of the molecule is COc1cc(N(C)CC2CC(O)C2)nc(N)n1. The number of methoxy groups -OCH3 is 1. The monoisotopic (exact) mass is 238 g/mol. The predicted molar refractivity (Wildman–Crippen MR) is 65.0 cm³/mol. The summed E-state index contributed by atoms with van der Waals surface area (Å²) in [4.78, 5) is 10.1. The van der Waals surface area contributed by atoms with Crippen LogP contribution >= 0.6 is 0 Å². The molecule has 0 amide bonds. The largest absolute Gasteiger partial charge is 0.481 e. The molecule has 2 rings (SSSR count). The van der Waals surface area contributed by atoms with Gasteiger partial charge in [-0.3, -0.25) is 0 Å². The summed E-state index contributed by atoms with van der Waals surface area (Å²) < 4.78 is 5.05. The molecule has 1 saturated carbocycles. The zero-order chi connectivity index (χ0) is 12.4. The molecule has 1 aromatic rings. The minimum absolute atomic E-state index is 0.126. The van der Waals surface area contributed by atoms with Gasteiger partial charge in [0.15, 0.2) is 0 Å². The Morgan fingerprint density at radius 3 is 2.82 bits per heavy atom. The number of anilines is 2. The van der Waals surface area contributed by atoms with Crippen molar-refractivity contribution >= 4 is 11.8 Å². The number of nitrogens with zero attached hydrogens (tertiary/aromatic N) is 3. The van der Waals surface area contributed by atoms with Crippen molar-refractivity contribution in [3.63, 3.8) is 0 Å². The first kappa shape index (κ1) is 11.9. The number of hydrogen-bond donors (Lipinski definition) is 2. The van der Waals surface area contributed by atoms with Crippen molar-refractivity contribution in [1.82, 2.24) is 9.97 Å². The average molecular weight is 238 g/mol. The van der Waals surface area contributed by atoms with Crippen LogP contribution in [-0.2, 0) is 0 Å². The molecule has 0 radical (unpaired) electrons. The van der Waals surface area contributed by atoms with Crippen LogP contribution in [0.2, 0.25) is 0 Å². The molecule has 1 aliphatic carbocycles. The highest BCUT2D eigenvalue weighted by molar-refractivity contribution is 5.44. The molecule has 3 N–H and O–H groups in total. The summed E-state index contributed by atoms with van der Waals surface area (Å²) in [5.41, 5.74) is 5.60. The van der Waals surface area contributed by atoms with Crippen LogP contribution < -0.4 is 15.4 Å².